The van der Waals surface area contributed by atoms with Gasteiger partial charge in [0.2, 0.25) is 5.91 Å². The molecule has 1 saturated heterocycles. The number of carbonyl (C=O) groups excluding carboxylic acids is 1. The topological polar surface area (TPSA) is 88.4 Å². The van der Waals surface area contributed by atoms with Crippen LogP contribution in [0.4, 0.5) is 11.4 Å². The molecule has 2 heterocycles. The highest BCUT2D eigenvalue weighted by Gasteiger charge is 2.23. The molecule has 1 aromatic heterocycles. The van der Waals surface area contributed by atoms with Crippen LogP contribution in [0.25, 0.3) is 10.2 Å². The number of rotatable bonds is 6. The summed E-state index contributed by atoms with van der Waals surface area (Å²) < 4.78 is 1.24. The number of benzene rings is 2. The van der Waals surface area contributed by atoms with Crippen molar-refractivity contribution >= 4 is 38.8 Å². The molecular weight excluding hydrogens is 388 g/mol. The van der Waals surface area contributed by atoms with E-state index in [1.54, 1.807) is 23.5 Å². The van der Waals surface area contributed by atoms with Gasteiger partial charge >= 0.3 is 0 Å². The first-order valence-electron chi connectivity index (χ1n) is 9.70. The van der Waals surface area contributed by atoms with Gasteiger partial charge in [-0.2, -0.15) is 0 Å². The first kappa shape index (κ1) is 19.5. The van der Waals surface area contributed by atoms with Crippen molar-refractivity contribution < 1.29 is 9.72 Å². The maximum absolute atomic E-state index is 12.2. The largest absolute Gasteiger partial charge is 0.326 e. The number of non-ortho nitro benzene ring substituents is 1. The predicted octanol–water partition coefficient (Wildman–Crippen LogP) is 4.41. The lowest BCUT2D eigenvalue weighted by Crippen LogP contribution is -2.35. The zero-order valence-corrected chi connectivity index (χ0v) is 16.7. The van der Waals surface area contributed by atoms with Crippen LogP contribution in [0.1, 0.15) is 30.2 Å². The van der Waals surface area contributed by atoms with E-state index in [2.05, 4.69) is 22.3 Å². The van der Waals surface area contributed by atoms with Crippen molar-refractivity contribution in [3.8, 4) is 0 Å². The molecule has 150 valence electrons. The van der Waals surface area contributed by atoms with Gasteiger partial charge in [-0.3, -0.25) is 14.9 Å². The third kappa shape index (κ3) is 4.78. The summed E-state index contributed by atoms with van der Waals surface area (Å²) in [6, 6.07) is 14.3. The molecular formula is C21H22N4O3S. The average molecular weight is 410 g/mol. The number of hydrogen-bond donors (Lipinski definition) is 1. The normalized spacial score (nSPS) is 15.4. The monoisotopic (exact) mass is 410 g/mol. The number of likely N-dealkylation sites (tertiary alicyclic amines) is 1. The quantitative estimate of drug-likeness (QED) is 0.480. The van der Waals surface area contributed by atoms with Crippen LogP contribution in [-0.4, -0.2) is 40.3 Å². The number of anilines is 1. The van der Waals surface area contributed by atoms with Crippen molar-refractivity contribution in [2.45, 2.75) is 25.2 Å². The molecule has 0 bridgehead atoms. The first-order chi connectivity index (χ1) is 14.1. The van der Waals surface area contributed by atoms with Crippen LogP contribution in [0.2, 0.25) is 0 Å². The van der Waals surface area contributed by atoms with Gasteiger partial charge in [0.1, 0.15) is 0 Å². The minimum absolute atomic E-state index is 0.0280. The fourth-order valence-corrected chi connectivity index (χ4v) is 4.79. The second kappa shape index (κ2) is 8.67. The molecule has 0 radical (unpaired) electrons. The smallest absolute Gasteiger partial charge is 0.271 e. The van der Waals surface area contributed by atoms with Crippen molar-refractivity contribution in [1.82, 2.24) is 9.88 Å². The summed E-state index contributed by atoms with van der Waals surface area (Å²) in [5.41, 5.74) is 1.51. The molecule has 0 unspecified atom stereocenters. The standard InChI is InChI=1S/C21H22N4O3S/c26-20(22-16-4-3-5-17(14-16)25(27)28)10-13-24-11-8-15(9-12-24)21-23-18-6-1-2-7-19(18)29-21/h1-7,14-15H,8-13H2,(H,22,26). The number of nitro groups is 1. The summed E-state index contributed by atoms with van der Waals surface area (Å²) in [6.07, 6.45) is 2.47. The Morgan fingerprint density at radius 2 is 2.00 bits per heavy atom. The molecule has 7 nitrogen and oxygen atoms in total. The number of carbonyl (C=O) groups is 1. The SMILES string of the molecule is O=C(CCN1CCC(c2nc3ccccc3s2)CC1)Nc1cccc([N+](=O)[O-])c1. The molecule has 8 heteroatoms. The molecule has 1 aliphatic heterocycles. The number of piperidine rings is 1. The third-order valence-corrected chi connectivity index (χ3v) is 6.44. The van der Waals surface area contributed by atoms with Crippen molar-refractivity contribution in [2.24, 2.45) is 0 Å². The number of amides is 1. The lowest BCUT2D eigenvalue weighted by molar-refractivity contribution is -0.384. The maximum atomic E-state index is 12.2. The summed E-state index contributed by atoms with van der Waals surface area (Å²) in [6.45, 7) is 2.59. The Kier molecular flexibility index (Phi) is 5.82. The zero-order chi connectivity index (χ0) is 20.2. The van der Waals surface area contributed by atoms with Crippen molar-refractivity contribution in [1.29, 1.82) is 0 Å². The summed E-state index contributed by atoms with van der Waals surface area (Å²) in [5.74, 6) is 0.362. The number of thiazole rings is 1. The minimum atomic E-state index is -0.467. The fourth-order valence-electron chi connectivity index (χ4n) is 3.65. The molecule has 3 aromatic rings. The molecule has 0 aliphatic carbocycles. The van der Waals surface area contributed by atoms with Crippen molar-refractivity contribution in [3.63, 3.8) is 0 Å². The van der Waals surface area contributed by atoms with E-state index < -0.39 is 4.92 Å². The van der Waals surface area contributed by atoms with Crippen LogP contribution in [0.3, 0.4) is 0 Å². The van der Waals surface area contributed by atoms with Gasteiger partial charge in [0.25, 0.3) is 5.69 Å². The molecule has 0 saturated carbocycles. The average Bonchev–Trinajstić information content (AvgIpc) is 3.17. The van der Waals surface area contributed by atoms with E-state index in [0.717, 1.165) is 31.4 Å². The van der Waals surface area contributed by atoms with E-state index in [9.17, 15) is 14.9 Å². The Labute approximate surface area is 172 Å². The van der Waals surface area contributed by atoms with E-state index in [0.29, 0.717) is 24.6 Å². The van der Waals surface area contributed by atoms with E-state index in [1.165, 1.54) is 21.8 Å². The lowest BCUT2D eigenvalue weighted by atomic mass is 9.97. The Morgan fingerprint density at radius 1 is 1.21 bits per heavy atom. The predicted molar refractivity (Wildman–Crippen MR) is 114 cm³/mol. The molecule has 0 atom stereocenters. The number of nitro benzene ring substituents is 1. The molecule has 4 rings (SSSR count). The van der Waals surface area contributed by atoms with Crippen LogP contribution in [0.15, 0.2) is 48.5 Å². The van der Waals surface area contributed by atoms with Crippen molar-refractivity contribution in [3.05, 3.63) is 63.7 Å². The number of para-hydroxylation sites is 1. The highest BCUT2D eigenvalue weighted by Crippen LogP contribution is 2.33. The van der Waals surface area contributed by atoms with Gasteiger partial charge in [-0.15, -0.1) is 11.3 Å². The Bertz CT molecular complexity index is 994. The van der Waals surface area contributed by atoms with Gasteiger partial charge < -0.3 is 10.2 Å². The number of nitrogens with one attached hydrogen (secondary N) is 1. The number of hydrogen-bond acceptors (Lipinski definition) is 6. The van der Waals surface area contributed by atoms with Gasteiger partial charge in [0, 0.05) is 36.7 Å². The van der Waals surface area contributed by atoms with Crippen molar-refractivity contribution in [2.75, 3.05) is 25.0 Å². The van der Waals surface area contributed by atoms with Crippen LogP contribution in [0, 0.1) is 10.1 Å². The molecule has 1 amide bonds. The van der Waals surface area contributed by atoms with E-state index in [-0.39, 0.29) is 11.6 Å². The summed E-state index contributed by atoms with van der Waals surface area (Å²) in [5, 5.41) is 14.8. The van der Waals surface area contributed by atoms with Crippen LogP contribution < -0.4 is 5.32 Å². The Balaban J connectivity index is 1.25. The number of nitrogens with zero attached hydrogens (tertiary/aromatic N) is 3. The molecule has 29 heavy (non-hydrogen) atoms. The van der Waals surface area contributed by atoms with Crippen LogP contribution in [0.5, 0.6) is 0 Å². The second-order valence-corrected chi connectivity index (χ2v) is 8.30. The minimum Gasteiger partial charge on any atom is -0.326 e. The Morgan fingerprint density at radius 3 is 2.76 bits per heavy atom. The van der Waals surface area contributed by atoms with Gasteiger partial charge in [-0.1, -0.05) is 18.2 Å². The first-order valence-corrected chi connectivity index (χ1v) is 10.5. The molecule has 2 aromatic carbocycles. The van der Waals surface area contributed by atoms with E-state index in [4.69, 9.17) is 4.98 Å². The molecule has 0 spiro atoms. The van der Waals surface area contributed by atoms with E-state index in [1.807, 2.05) is 12.1 Å². The molecule has 1 N–H and O–H groups in total. The summed E-state index contributed by atoms with van der Waals surface area (Å²) in [7, 11) is 0. The molecule has 1 fully saturated rings. The summed E-state index contributed by atoms with van der Waals surface area (Å²) >= 11 is 1.79. The Hall–Kier alpha value is -2.84. The van der Waals surface area contributed by atoms with Gasteiger partial charge in [0.15, 0.2) is 0 Å². The lowest BCUT2D eigenvalue weighted by Gasteiger charge is -2.30. The zero-order valence-electron chi connectivity index (χ0n) is 15.9. The summed E-state index contributed by atoms with van der Waals surface area (Å²) in [4.78, 5) is 29.7. The van der Waals surface area contributed by atoms with Crippen LogP contribution >= 0.6 is 11.3 Å². The van der Waals surface area contributed by atoms with Gasteiger partial charge in [-0.25, -0.2) is 4.98 Å². The van der Waals surface area contributed by atoms with E-state index >= 15 is 0 Å². The fraction of sp³-hybridized carbons (Fsp3) is 0.333. The third-order valence-electron chi connectivity index (χ3n) is 5.24. The highest BCUT2D eigenvalue weighted by atomic mass is 32.1. The van der Waals surface area contributed by atoms with Gasteiger partial charge in [0.05, 0.1) is 20.1 Å². The number of aromatic nitrogens is 1. The maximum Gasteiger partial charge on any atom is 0.271 e. The second-order valence-electron chi connectivity index (χ2n) is 7.24. The highest BCUT2D eigenvalue weighted by molar-refractivity contribution is 7.18. The number of fused-ring (bicyclic) bond motifs is 1. The van der Waals surface area contributed by atoms with Gasteiger partial charge in [-0.05, 0) is 44.1 Å². The molecule has 1 aliphatic rings. The van der Waals surface area contributed by atoms with Crippen LogP contribution in [-0.2, 0) is 4.79 Å².